The summed E-state index contributed by atoms with van der Waals surface area (Å²) in [6, 6.07) is 5.85. The molecule has 2 nitrogen and oxygen atoms in total. The van der Waals surface area contributed by atoms with Crippen LogP contribution in [0.4, 0.5) is 0 Å². The summed E-state index contributed by atoms with van der Waals surface area (Å²) >= 11 is 5.92. The van der Waals surface area contributed by atoms with Gasteiger partial charge in [-0.3, -0.25) is 0 Å². The van der Waals surface area contributed by atoms with Gasteiger partial charge in [-0.05, 0) is 30.2 Å². The minimum absolute atomic E-state index is 0.733. The first-order chi connectivity index (χ1) is 6.25. The van der Waals surface area contributed by atoms with Crippen LogP contribution in [0.15, 0.2) is 35.2 Å². The number of benzene rings is 1. The average Bonchev–Trinajstić information content (AvgIpc) is 2.53. The molecule has 0 saturated heterocycles. The van der Waals surface area contributed by atoms with Crippen LogP contribution >= 0.6 is 11.6 Å². The van der Waals surface area contributed by atoms with Crippen molar-refractivity contribution in [2.24, 2.45) is 0 Å². The Morgan fingerprint density at radius 3 is 2.69 bits per heavy atom. The first-order valence-corrected chi connectivity index (χ1v) is 4.30. The zero-order valence-electron chi connectivity index (χ0n) is 7.12. The van der Waals surface area contributed by atoms with Gasteiger partial charge in [-0.1, -0.05) is 22.8 Å². The van der Waals surface area contributed by atoms with E-state index in [4.69, 9.17) is 16.1 Å². The fourth-order valence-electron chi connectivity index (χ4n) is 1.25. The highest BCUT2D eigenvalue weighted by atomic mass is 35.5. The van der Waals surface area contributed by atoms with E-state index in [2.05, 4.69) is 5.16 Å². The van der Waals surface area contributed by atoms with Crippen LogP contribution in [-0.2, 0) is 0 Å². The smallest absolute Gasteiger partial charge is 0.131 e. The van der Waals surface area contributed by atoms with E-state index >= 15 is 0 Å². The molecule has 0 aliphatic heterocycles. The minimum atomic E-state index is 0.733. The Labute approximate surface area is 81.1 Å². The Hall–Kier alpha value is -1.28. The second kappa shape index (κ2) is 3.23. The van der Waals surface area contributed by atoms with E-state index in [1.807, 2.05) is 25.1 Å². The van der Waals surface area contributed by atoms with Crippen molar-refractivity contribution in [3.63, 3.8) is 0 Å². The van der Waals surface area contributed by atoms with Crippen molar-refractivity contribution in [1.29, 1.82) is 0 Å². The lowest BCUT2D eigenvalue weighted by Crippen LogP contribution is -1.77. The molecular formula is C10H8ClNO. The Morgan fingerprint density at radius 1 is 1.23 bits per heavy atom. The number of hydrogen-bond donors (Lipinski definition) is 0. The SMILES string of the molecule is Cc1cc(Cl)cc(-c2cnoc2)c1. The molecule has 0 spiro atoms. The minimum Gasteiger partial charge on any atom is -0.364 e. The van der Waals surface area contributed by atoms with Gasteiger partial charge in [0.1, 0.15) is 6.26 Å². The molecule has 0 amide bonds. The first kappa shape index (κ1) is 8.32. The lowest BCUT2D eigenvalue weighted by molar-refractivity contribution is 0.420. The number of rotatable bonds is 1. The molecule has 13 heavy (non-hydrogen) atoms. The average molecular weight is 194 g/mol. The topological polar surface area (TPSA) is 26.0 Å². The third-order valence-electron chi connectivity index (χ3n) is 1.81. The molecule has 3 heteroatoms. The molecule has 0 fully saturated rings. The highest BCUT2D eigenvalue weighted by Crippen LogP contribution is 2.23. The van der Waals surface area contributed by atoms with Gasteiger partial charge in [-0.25, -0.2) is 0 Å². The fraction of sp³-hybridized carbons (Fsp3) is 0.100. The lowest BCUT2D eigenvalue weighted by atomic mass is 10.1. The van der Waals surface area contributed by atoms with E-state index in [1.54, 1.807) is 12.5 Å². The van der Waals surface area contributed by atoms with E-state index in [-0.39, 0.29) is 0 Å². The molecule has 1 heterocycles. The fourth-order valence-corrected chi connectivity index (χ4v) is 1.54. The number of aromatic nitrogens is 1. The van der Waals surface area contributed by atoms with Crippen LogP contribution in [0.2, 0.25) is 5.02 Å². The van der Waals surface area contributed by atoms with Gasteiger partial charge in [-0.2, -0.15) is 0 Å². The Morgan fingerprint density at radius 2 is 2.08 bits per heavy atom. The molecule has 0 radical (unpaired) electrons. The van der Waals surface area contributed by atoms with Gasteiger partial charge in [0.05, 0.1) is 6.20 Å². The van der Waals surface area contributed by atoms with Crippen molar-refractivity contribution >= 4 is 11.6 Å². The zero-order chi connectivity index (χ0) is 9.26. The second-order valence-electron chi connectivity index (χ2n) is 2.93. The molecule has 0 aliphatic rings. The molecule has 2 rings (SSSR count). The van der Waals surface area contributed by atoms with Crippen molar-refractivity contribution in [3.05, 3.63) is 41.2 Å². The molecule has 66 valence electrons. The van der Waals surface area contributed by atoms with Gasteiger partial charge in [0.2, 0.25) is 0 Å². The summed E-state index contributed by atoms with van der Waals surface area (Å²) in [6.07, 6.45) is 3.27. The van der Waals surface area contributed by atoms with Crippen molar-refractivity contribution in [3.8, 4) is 11.1 Å². The van der Waals surface area contributed by atoms with Gasteiger partial charge in [0.15, 0.2) is 0 Å². The van der Waals surface area contributed by atoms with E-state index in [1.165, 1.54) is 0 Å². The Balaban J connectivity index is 2.53. The van der Waals surface area contributed by atoms with Crippen LogP contribution in [0.1, 0.15) is 5.56 Å². The van der Waals surface area contributed by atoms with Crippen LogP contribution in [-0.4, -0.2) is 5.16 Å². The van der Waals surface area contributed by atoms with Gasteiger partial charge < -0.3 is 4.52 Å². The predicted octanol–water partition coefficient (Wildman–Crippen LogP) is 3.30. The lowest BCUT2D eigenvalue weighted by Gasteiger charge is -1.99. The Bertz CT molecular complexity index is 389. The maximum Gasteiger partial charge on any atom is 0.131 e. The molecule has 2 aromatic rings. The van der Waals surface area contributed by atoms with Gasteiger partial charge in [0, 0.05) is 10.6 Å². The largest absolute Gasteiger partial charge is 0.364 e. The summed E-state index contributed by atoms with van der Waals surface area (Å²) < 4.78 is 4.76. The van der Waals surface area contributed by atoms with E-state index < -0.39 is 0 Å². The summed E-state index contributed by atoms with van der Waals surface area (Å²) in [4.78, 5) is 0. The summed E-state index contributed by atoms with van der Waals surface area (Å²) in [5.41, 5.74) is 3.11. The summed E-state index contributed by atoms with van der Waals surface area (Å²) in [7, 11) is 0. The standard InChI is InChI=1S/C10H8ClNO/c1-7-2-8(4-10(11)3-7)9-5-12-13-6-9/h2-6H,1H3. The molecule has 1 aromatic carbocycles. The van der Waals surface area contributed by atoms with Crippen LogP contribution in [0, 0.1) is 6.92 Å². The van der Waals surface area contributed by atoms with Crippen molar-refractivity contribution in [1.82, 2.24) is 5.16 Å². The summed E-state index contributed by atoms with van der Waals surface area (Å²) in [6.45, 7) is 2.00. The molecule has 0 atom stereocenters. The molecule has 0 unspecified atom stereocenters. The number of halogens is 1. The van der Waals surface area contributed by atoms with Gasteiger partial charge in [0.25, 0.3) is 0 Å². The van der Waals surface area contributed by atoms with E-state index in [0.717, 1.165) is 21.7 Å². The van der Waals surface area contributed by atoms with Crippen LogP contribution < -0.4 is 0 Å². The highest BCUT2D eigenvalue weighted by molar-refractivity contribution is 6.30. The van der Waals surface area contributed by atoms with E-state index in [0.29, 0.717) is 0 Å². The predicted molar refractivity (Wildman–Crippen MR) is 51.7 cm³/mol. The quantitative estimate of drug-likeness (QED) is 0.695. The molecule has 0 aliphatic carbocycles. The molecule has 0 bridgehead atoms. The number of aryl methyl sites for hydroxylation is 1. The summed E-state index contributed by atoms with van der Waals surface area (Å²) in [5, 5.41) is 4.37. The summed E-state index contributed by atoms with van der Waals surface area (Å²) in [5.74, 6) is 0. The normalized spacial score (nSPS) is 10.3. The molecule has 0 N–H and O–H groups in total. The van der Waals surface area contributed by atoms with Crippen LogP contribution in [0.3, 0.4) is 0 Å². The van der Waals surface area contributed by atoms with E-state index in [9.17, 15) is 0 Å². The van der Waals surface area contributed by atoms with Crippen molar-refractivity contribution in [2.45, 2.75) is 6.92 Å². The number of nitrogens with zero attached hydrogens (tertiary/aromatic N) is 1. The maximum absolute atomic E-state index is 5.92. The molecule has 1 aromatic heterocycles. The monoisotopic (exact) mass is 193 g/mol. The van der Waals surface area contributed by atoms with Gasteiger partial charge >= 0.3 is 0 Å². The zero-order valence-corrected chi connectivity index (χ0v) is 7.88. The van der Waals surface area contributed by atoms with Crippen LogP contribution in [0.25, 0.3) is 11.1 Å². The maximum atomic E-state index is 5.92. The molecular weight excluding hydrogens is 186 g/mol. The third-order valence-corrected chi connectivity index (χ3v) is 2.03. The van der Waals surface area contributed by atoms with Crippen molar-refractivity contribution in [2.75, 3.05) is 0 Å². The van der Waals surface area contributed by atoms with Gasteiger partial charge in [-0.15, -0.1) is 0 Å². The van der Waals surface area contributed by atoms with Crippen molar-refractivity contribution < 1.29 is 4.52 Å². The highest BCUT2D eigenvalue weighted by Gasteiger charge is 2.01. The molecule has 0 saturated carbocycles. The first-order valence-electron chi connectivity index (χ1n) is 3.92. The Kier molecular flexibility index (Phi) is 2.07. The van der Waals surface area contributed by atoms with Crippen LogP contribution in [0.5, 0.6) is 0 Å². The number of hydrogen-bond acceptors (Lipinski definition) is 2. The third kappa shape index (κ3) is 1.73. The second-order valence-corrected chi connectivity index (χ2v) is 3.37.